The van der Waals surface area contributed by atoms with Crippen LogP contribution < -0.4 is 16.0 Å². The standard InChI is InChI=1S/C15H13FN4O/c1-9-6-7-11(16)13(8-9)21-14-10-4-2-3-5-12(10)18-15(19-14)20-17/h2-8H,17H2,1H3,(H,18,19,20). The first-order valence-electron chi connectivity index (χ1n) is 6.35. The van der Waals surface area contributed by atoms with Crippen molar-refractivity contribution in [3.63, 3.8) is 0 Å². The fraction of sp³-hybridized carbons (Fsp3) is 0.0667. The minimum Gasteiger partial charge on any atom is -0.435 e. The highest BCUT2D eigenvalue weighted by atomic mass is 19.1. The van der Waals surface area contributed by atoms with Crippen molar-refractivity contribution in [2.24, 2.45) is 5.84 Å². The van der Waals surface area contributed by atoms with Gasteiger partial charge in [-0.3, -0.25) is 5.43 Å². The van der Waals surface area contributed by atoms with Crippen LogP contribution in [0, 0.1) is 12.7 Å². The van der Waals surface area contributed by atoms with Crippen LogP contribution in [0.15, 0.2) is 42.5 Å². The molecule has 0 atom stereocenters. The summed E-state index contributed by atoms with van der Waals surface area (Å²) < 4.78 is 19.5. The lowest BCUT2D eigenvalue weighted by molar-refractivity contribution is 0.432. The molecule has 0 aliphatic rings. The molecule has 0 unspecified atom stereocenters. The van der Waals surface area contributed by atoms with Gasteiger partial charge in [-0.2, -0.15) is 4.98 Å². The lowest BCUT2D eigenvalue weighted by Gasteiger charge is -2.10. The summed E-state index contributed by atoms with van der Waals surface area (Å²) in [5, 5.41) is 0.678. The first-order chi connectivity index (χ1) is 10.2. The first kappa shape index (κ1) is 13.3. The smallest absolute Gasteiger partial charge is 0.241 e. The summed E-state index contributed by atoms with van der Waals surface area (Å²) in [7, 11) is 0. The van der Waals surface area contributed by atoms with Crippen LogP contribution in [-0.4, -0.2) is 9.97 Å². The van der Waals surface area contributed by atoms with Crippen LogP contribution in [0.1, 0.15) is 5.56 Å². The number of halogens is 1. The van der Waals surface area contributed by atoms with Gasteiger partial charge in [0.25, 0.3) is 0 Å². The molecule has 1 heterocycles. The topological polar surface area (TPSA) is 73.1 Å². The van der Waals surface area contributed by atoms with Crippen LogP contribution in [-0.2, 0) is 0 Å². The maximum atomic E-state index is 13.8. The molecule has 0 aliphatic carbocycles. The van der Waals surface area contributed by atoms with Crippen molar-refractivity contribution in [1.29, 1.82) is 0 Å². The second kappa shape index (κ2) is 5.34. The minimum absolute atomic E-state index is 0.113. The van der Waals surface area contributed by atoms with Crippen molar-refractivity contribution in [1.82, 2.24) is 9.97 Å². The van der Waals surface area contributed by atoms with E-state index in [0.29, 0.717) is 10.9 Å². The first-order valence-corrected chi connectivity index (χ1v) is 6.35. The van der Waals surface area contributed by atoms with Crippen LogP contribution in [0.5, 0.6) is 11.6 Å². The number of hydrogen-bond acceptors (Lipinski definition) is 5. The van der Waals surface area contributed by atoms with E-state index in [4.69, 9.17) is 10.6 Å². The van der Waals surface area contributed by atoms with Gasteiger partial charge in [0.05, 0.1) is 10.9 Å². The maximum Gasteiger partial charge on any atom is 0.241 e. The predicted octanol–water partition coefficient (Wildman–Crippen LogP) is 3.16. The van der Waals surface area contributed by atoms with Crippen LogP contribution >= 0.6 is 0 Å². The number of aromatic nitrogens is 2. The molecular weight excluding hydrogens is 271 g/mol. The highest BCUT2D eigenvalue weighted by Crippen LogP contribution is 2.30. The van der Waals surface area contributed by atoms with Crippen LogP contribution in [0.25, 0.3) is 10.9 Å². The summed E-state index contributed by atoms with van der Waals surface area (Å²) in [5.41, 5.74) is 3.92. The number of aryl methyl sites for hydroxylation is 1. The molecule has 0 saturated carbocycles. The second-order valence-electron chi connectivity index (χ2n) is 4.55. The number of nitrogens with zero attached hydrogens (tertiary/aromatic N) is 2. The van der Waals surface area contributed by atoms with Crippen molar-refractivity contribution >= 4 is 16.9 Å². The van der Waals surface area contributed by atoms with Gasteiger partial charge in [0.15, 0.2) is 11.6 Å². The summed E-state index contributed by atoms with van der Waals surface area (Å²) in [4.78, 5) is 8.36. The van der Waals surface area contributed by atoms with Gasteiger partial charge in [-0.25, -0.2) is 15.2 Å². The molecule has 2 aromatic carbocycles. The number of benzene rings is 2. The van der Waals surface area contributed by atoms with Gasteiger partial charge in [0.1, 0.15) is 0 Å². The average molecular weight is 284 g/mol. The second-order valence-corrected chi connectivity index (χ2v) is 4.55. The van der Waals surface area contributed by atoms with Crippen molar-refractivity contribution in [2.45, 2.75) is 6.92 Å². The number of anilines is 1. The Morgan fingerprint density at radius 2 is 1.95 bits per heavy atom. The minimum atomic E-state index is -0.453. The van der Waals surface area contributed by atoms with Gasteiger partial charge in [0, 0.05) is 0 Å². The summed E-state index contributed by atoms with van der Waals surface area (Å²) in [6.07, 6.45) is 0. The number of nitrogens with one attached hydrogen (secondary N) is 1. The monoisotopic (exact) mass is 284 g/mol. The summed E-state index contributed by atoms with van der Waals surface area (Å²) in [5.74, 6) is 5.47. The van der Waals surface area contributed by atoms with E-state index >= 15 is 0 Å². The zero-order chi connectivity index (χ0) is 14.8. The number of hydrazine groups is 1. The van der Waals surface area contributed by atoms with Gasteiger partial charge in [0.2, 0.25) is 11.8 Å². The molecule has 3 aromatic rings. The molecule has 21 heavy (non-hydrogen) atoms. The molecule has 3 rings (SSSR count). The number of fused-ring (bicyclic) bond motifs is 1. The fourth-order valence-corrected chi connectivity index (χ4v) is 1.98. The van der Waals surface area contributed by atoms with Gasteiger partial charge in [-0.15, -0.1) is 0 Å². The Labute approximate surface area is 120 Å². The number of nitrogen functional groups attached to an aromatic ring is 1. The lowest BCUT2D eigenvalue weighted by Crippen LogP contribution is -2.11. The molecule has 0 fully saturated rings. The van der Waals surface area contributed by atoms with Gasteiger partial charge in [-0.1, -0.05) is 18.2 Å². The molecule has 3 N–H and O–H groups in total. The number of nitrogens with two attached hydrogens (primary N) is 1. The van der Waals surface area contributed by atoms with E-state index in [-0.39, 0.29) is 17.6 Å². The molecule has 6 heteroatoms. The zero-order valence-corrected chi connectivity index (χ0v) is 11.3. The Morgan fingerprint density at radius 1 is 1.14 bits per heavy atom. The van der Waals surface area contributed by atoms with Crippen LogP contribution in [0.3, 0.4) is 0 Å². The zero-order valence-electron chi connectivity index (χ0n) is 11.3. The van der Waals surface area contributed by atoms with E-state index < -0.39 is 5.82 Å². The SMILES string of the molecule is Cc1ccc(F)c(Oc2nc(NN)nc3ccccc23)c1. The maximum absolute atomic E-state index is 13.8. The predicted molar refractivity (Wildman–Crippen MR) is 78.6 cm³/mol. The van der Waals surface area contributed by atoms with E-state index in [1.54, 1.807) is 24.3 Å². The average Bonchev–Trinajstić information content (AvgIpc) is 2.50. The molecule has 1 aromatic heterocycles. The summed E-state index contributed by atoms with van der Waals surface area (Å²) >= 11 is 0. The van der Waals surface area contributed by atoms with Crippen molar-refractivity contribution in [3.05, 3.63) is 53.8 Å². The van der Waals surface area contributed by atoms with E-state index in [9.17, 15) is 4.39 Å². The van der Waals surface area contributed by atoms with E-state index in [0.717, 1.165) is 5.56 Å². The highest BCUT2D eigenvalue weighted by molar-refractivity contribution is 5.84. The van der Waals surface area contributed by atoms with Crippen molar-refractivity contribution < 1.29 is 9.13 Å². The Bertz CT molecular complexity index is 807. The third-order valence-corrected chi connectivity index (χ3v) is 2.99. The van der Waals surface area contributed by atoms with Gasteiger partial charge in [-0.05, 0) is 36.8 Å². The Hall–Kier alpha value is -2.73. The van der Waals surface area contributed by atoms with Crippen molar-refractivity contribution in [3.8, 4) is 11.6 Å². The van der Waals surface area contributed by atoms with Gasteiger partial charge < -0.3 is 4.74 Å². The third-order valence-electron chi connectivity index (χ3n) is 2.99. The normalized spacial score (nSPS) is 10.6. The molecule has 0 aliphatic heterocycles. The largest absolute Gasteiger partial charge is 0.435 e. The fourth-order valence-electron chi connectivity index (χ4n) is 1.98. The molecule has 0 bridgehead atoms. The number of ether oxygens (including phenoxy) is 1. The molecule has 0 saturated heterocycles. The van der Waals surface area contributed by atoms with E-state index in [1.165, 1.54) is 6.07 Å². The lowest BCUT2D eigenvalue weighted by atomic mass is 10.2. The molecular formula is C15H13FN4O. The molecule has 0 radical (unpaired) electrons. The Morgan fingerprint density at radius 3 is 2.76 bits per heavy atom. The highest BCUT2D eigenvalue weighted by Gasteiger charge is 2.11. The van der Waals surface area contributed by atoms with E-state index in [2.05, 4.69) is 15.4 Å². The van der Waals surface area contributed by atoms with Crippen LogP contribution in [0.4, 0.5) is 10.3 Å². The molecule has 106 valence electrons. The molecule has 0 spiro atoms. The molecule has 5 nitrogen and oxygen atoms in total. The number of para-hydroxylation sites is 1. The molecule has 0 amide bonds. The Kier molecular flexibility index (Phi) is 3.37. The van der Waals surface area contributed by atoms with E-state index in [1.807, 2.05) is 19.1 Å². The number of hydrogen-bond donors (Lipinski definition) is 2. The third kappa shape index (κ3) is 2.61. The summed E-state index contributed by atoms with van der Waals surface area (Å²) in [6, 6.07) is 11.9. The quantitative estimate of drug-likeness (QED) is 0.571. The van der Waals surface area contributed by atoms with Gasteiger partial charge >= 0.3 is 0 Å². The summed E-state index contributed by atoms with van der Waals surface area (Å²) in [6.45, 7) is 1.86. The number of rotatable bonds is 3. The Balaban J connectivity index is 2.13. The van der Waals surface area contributed by atoms with Crippen LogP contribution in [0.2, 0.25) is 0 Å². The van der Waals surface area contributed by atoms with Crippen molar-refractivity contribution in [2.75, 3.05) is 5.43 Å².